The molecule has 0 bridgehead atoms. The minimum atomic E-state index is -1.08. The average Bonchev–Trinajstić information content (AvgIpc) is 3.13. The number of Topliss-reactive ketones (excluding diaryl/α,β-unsaturated/α-hetero) is 1. The Balaban J connectivity index is 1.96. The molecule has 1 aliphatic heterocycles. The van der Waals surface area contributed by atoms with Crippen molar-refractivity contribution in [1.29, 1.82) is 5.26 Å². The number of benzene rings is 3. The van der Waals surface area contributed by atoms with Gasteiger partial charge in [-0.15, -0.1) is 0 Å². The molecule has 1 aliphatic rings. The van der Waals surface area contributed by atoms with Crippen LogP contribution in [0.1, 0.15) is 29.7 Å². The Hall–Kier alpha value is -4.32. The number of nitriles is 1. The third kappa shape index (κ3) is 4.87. The van der Waals surface area contributed by atoms with E-state index in [1.807, 2.05) is 6.07 Å². The molecule has 3 aromatic rings. The summed E-state index contributed by atoms with van der Waals surface area (Å²) in [6.07, 6.45) is 0. The van der Waals surface area contributed by atoms with E-state index in [9.17, 15) is 19.5 Å². The maximum atomic E-state index is 13.4. The van der Waals surface area contributed by atoms with Crippen molar-refractivity contribution in [3.05, 3.63) is 93.0 Å². The molecule has 0 aromatic heterocycles. The standard InChI is InChI=1S/C27H18Cl2N2O6/c1-14(32)37-19-9-5-16(6-10-19)23-22(24(33)20-11-17(28)12-21(29)26(20)36-2)25(34)27(35)31(23)18-7-3-15(13-30)4-8-18/h3-12,23,33H,1-2H3/b24-22+. The lowest BCUT2D eigenvalue weighted by molar-refractivity contribution is -0.132. The van der Waals surface area contributed by atoms with E-state index < -0.39 is 29.5 Å². The predicted octanol–water partition coefficient (Wildman–Crippen LogP) is 5.43. The normalized spacial score (nSPS) is 16.4. The molecule has 8 nitrogen and oxygen atoms in total. The van der Waals surface area contributed by atoms with Gasteiger partial charge in [-0.1, -0.05) is 35.3 Å². The Kier molecular flexibility index (Phi) is 7.21. The van der Waals surface area contributed by atoms with Gasteiger partial charge in [0, 0.05) is 17.6 Å². The smallest absolute Gasteiger partial charge is 0.308 e. The summed E-state index contributed by atoms with van der Waals surface area (Å²) in [4.78, 5) is 39.2. The number of aliphatic hydroxyl groups is 1. The zero-order valence-electron chi connectivity index (χ0n) is 19.5. The monoisotopic (exact) mass is 536 g/mol. The van der Waals surface area contributed by atoms with E-state index in [0.29, 0.717) is 16.8 Å². The fourth-order valence-corrected chi connectivity index (χ4v) is 4.65. The number of aliphatic hydroxyl groups excluding tert-OH is 1. The van der Waals surface area contributed by atoms with E-state index >= 15 is 0 Å². The molecule has 3 aromatic carbocycles. The van der Waals surface area contributed by atoms with Crippen LogP contribution in [0.3, 0.4) is 0 Å². The molecule has 1 atom stereocenters. The summed E-state index contributed by atoms with van der Waals surface area (Å²) in [5.74, 6) is -2.57. The van der Waals surface area contributed by atoms with Gasteiger partial charge < -0.3 is 14.6 Å². The minimum absolute atomic E-state index is 0.0272. The van der Waals surface area contributed by atoms with Crippen LogP contribution < -0.4 is 14.4 Å². The number of hydrogen-bond donors (Lipinski definition) is 1. The second-order valence-corrected chi connectivity index (χ2v) is 8.80. The highest BCUT2D eigenvalue weighted by Gasteiger charge is 2.47. The predicted molar refractivity (Wildman–Crippen MR) is 137 cm³/mol. The highest BCUT2D eigenvalue weighted by molar-refractivity contribution is 6.52. The molecule has 0 saturated carbocycles. The number of methoxy groups -OCH3 is 1. The topological polar surface area (TPSA) is 117 Å². The molecule has 0 spiro atoms. The molecule has 1 heterocycles. The lowest BCUT2D eigenvalue weighted by Crippen LogP contribution is -2.29. The zero-order chi connectivity index (χ0) is 26.9. The highest BCUT2D eigenvalue weighted by Crippen LogP contribution is 2.45. The van der Waals surface area contributed by atoms with Gasteiger partial charge in [0.25, 0.3) is 11.7 Å². The molecule has 1 N–H and O–H groups in total. The number of rotatable bonds is 5. The van der Waals surface area contributed by atoms with Gasteiger partial charge in [-0.05, 0) is 54.1 Å². The molecule has 0 radical (unpaired) electrons. The molecule has 0 aliphatic carbocycles. The minimum Gasteiger partial charge on any atom is -0.507 e. The summed E-state index contributed by atoms with van der Waals surface area (Å²) in [5.41, 5.74) is 0.921. The Morgan fingerprint density at radius 2 is 1.70 bits per heavy atom. The lowest BCUT2D eigenvalue weighted by atomic mass is 9.94. The molecule has 1 amide bonds. The molecule has 186 valence electrons. The van der Waals surface area contributed by atoms with E-state index in [4.69, 9.17) is 37.9 Å². The van der Waals surface area contributed by atoms with Gasteiger partial charge in [-0.25, -0.2) is 0 Å². The first-order valence-corrected chi connectivity index (χ1v) is 11.5. The van der Waals surface area contributed by atoms with Crippen molar-refractivity contribution in [2.75, 3.05) is 12.0 Å². The number of carbonyl (C=O) groups excluding carboxylic acids is 3. The highest BCUT2D eigenvalue weighted by atomic mass is 35.5. The second-order valence-electron chi connectivity index (χ2n) is 7.96. The van der Waals surface area contributed by atoms with Crippen molar-refractivity contribution in [2.45, 2.75) is 13.0 Å². The van der Waals surface area contributed by atoms with E-state index in [0.717, 1.165) is 0 Å². The molecular weight excluding hydrogens is 519 g/mol. The molecule has 37 heavy (non-hydrogen) atoms. The Morgan fingerprint density at radius 3 is 2.27 bits per heavy atom. The van der Waals surface area contributed by atoms with Gasteiger partial charge >= 0.3 is 5.97 Å². The van der Waals surface area contributed by atoms with Crippen LogP contribution in [0.25, 0.3) is 5.76 Å². The van der Waals surface area contributed by atoms with Crippen LogP contribution >= 0.6 is 23.2 Å². The fourth-order valence-electron chi connectivity index (χ4n) is 4.08. The summed E-state index contributed by atoms with van der Waals surface area (Å²) in [6.45, 7) is 1.26. The number of halogens is 2. The SMILES string of the molecule is COc1c(Cl)cc(Cl)cc1/C(O)=C1\C(=O)C(=O)N(c2ccc(C#N)cc2)C1c1ccc(OC(C)=O)cc1. The number of esters is 1. The summed E-state index contributed by atoms with van der Waals surface area (Å²) in [6, 6.07) is 15.9. The number of ketones is 1. The van der Waals surface area contributed by atoms with Crippen LogP contribution in [0, 0.1) is 11.3 Å². The quantitative estimate of drug-likeness (QED) is 0.152. The summed E-state index contributed by atoms with van der Waals surface area (Å²) in [5, 5.41) is 20.8. The molecule has 1 fully saturated rings. The van der Waals surface area contributed by atoms with Crippen molar-refractivity contribution in [1.82, 2.24) is 0 Å². The largest absolute Gasteiger partial charge is 0.507 e. The third-order valence-corrected chi connectivity index (χ3v) is 6.14. The lowest BCUT2D eigenvalue weighted by Gasteiger charge is -2.25. The number of amides is 1. The van der Waals surface area contributed by atoms with Gasteiger partial charge in [0.1, 0.15) is 17.3 Å². The summed E-state index contributed by atoms with van der Waals surface area (Å²) in [7, 11) is 1.34. The first-order valence-electron chi connectivity index (χ1n) is 10.8. The van der Waals surface area contributed by atoms with Crippen LogP contribution in [-0.4, -0.2) is 29.9 Å². The van der Waals surface area contributed by atoms with Gasteiger partial charge in [0.05, 0.1) is 40.9 Å². The van der Waals surface area contributed by atoms with Gasteiger partial charge in [-0.2, -0.15) is 5.26 Å². The van der Waals surface area contributed by atoms with Crippen LogP contribution in [0.15, 0.2) is 66.2 Å². The molecule has 1 unspecified atom stereocenters. The first-order chi connectivity index (χ1) is 17.7. The Labute approximate surface area is 221 Å². The van der Waals surface area contributed by atoms with E-state index in [1.165, 1.54) is 67.5 Å². The molecule has 4 rings (SSSR count). The number of hydrogen-bond acceptors (Lipinski definition) is 7. The van der Waals surface area contributed by atoms with Crippen molar-refractivity contribution in [3.8, 4) is 17.6 Å². The van der Waals surface area contributed by atoms with Crippen LogP contribution in [0.2, 0.25) is 10.0 Å². The zero-order valence-corrected chi connectivity index (χ0v) is 21.0. The second kappa shape index (κ2) is 10.3. The van der Waals surface area contributed by atoms with Gasteiger partial charge in [0.15, 0.2) is 0 Å². The molecule has 10 heteroatoms. The van der Waals surface area contributed by atoms with Crippen LogP contribution in [-0.2, 0) is 14.4 Å². The van der Waals surface area contributed by atoms with E-state index in [2.05, 4.69) is 0 Å². The number of nitrogens with zero attached hydrogens (tertiary/aromatic N) is 2. The van der Waals surface area contributed by atoms with Crippen molar-refractivity contribution in [2.24, 2.45) is 0 Å². The van der Waals surface area contributed by atoms with Crippen LogP contribution in [0.4, 0.5) is 5.69 Å². The van der Waals surface area contributed by atoms with Crippen molar-refractivity contribution < 1.29 is 29.0 Å². The fraction of sp³-hybridized carbons (Fsp3) is 0.111. The molecular formula is C27H18Cl2N2O6. The number of ether oxygens (including phenoxy) is 2. The number of carbonyl (C=O) groups is 3. The van der Waals surface area contributed by atoms with E-state index in [-0.39, 0.29) is 32.7 Å². The third-order valence-electron chi connectivity index (χ3n) is 5.64. The first kappa shape index (κ1) is 25.8. The summed E-state index contributed by atoms with van der Waals surface area (Å²) >= 11 is 12.4. The van der Waals surface area contributed by atoms with Gasteiger partial charge in [0.2, 0.25) is 0 Å². The van der Waals surface area contributed by atoms with E-state index in [1.54, 1.807) is 12.1 Å². The maximum Gasteiger partial charge on any atom is 0.308 e. The average molecular weight is 537 g/mol. The van der Waals surface area contributed by atoms with Crippen molar-refractivity contribution in [3.63, 3.8) is 0 Å². The van der Waals surface area contributed by atoms with Crippen LogP contribution in [0.5, 0.6) is 11.5 Å². The van der Waals surface area contributed by atoms with Gasteiger partial charge in [-0.3, -0.25) is 19.3 Å². The van der Waals surface area contributed by atoms with Crippen molar-refractivity contribution >= 4 is 52.3 Å². The number of anilines is 1. The maximum absolute atomic E-state index is 13.4. The summed E-state index contributed by atoms with van der Waals surface area (Å²) < 4.78 is 10.4. The Morgan fingerprint density at radius 1 is 1.05 bits per heavy atom. The Bertz CT molecular complexity index is 1490. The molecule has 1 saturated heterocycles.